The van der Waals surface area contributed by atoms with Crippen molar-refractivity contribution in [1.29, 1.82) is 5.26 Å². The zero-order valence-corrected chi connectivity index (χ0v) is 60.1. The Morgan fingerprint density at radius 3 is 1.15 bits per heavy atom. The van der Waals surface area contributed by atoms with E-state index in [4.69, 9.17) is 51.9 Å². The molecule has 8 aromatic heterocycles. The predicted molar refractivity (Wildman–Crippen MR) is 399 cm³/mol. The van der Waals surface area contributed by atoms with Crippen molar-refractivity contribution in [2.24, 2.45) is 5.92 Å². The summed E-state index contributed by atoms with van der Waals surface area (Å²) in [7, 11) is 1.65. The number of anilines is 4. The minimum atomic E-state index is 0.228. The zero-order valence-electron chi connectivity index (χ0n) is 60.1. The maximum Gasteiger partial charge on any atom is 0.187 e. The highest BCUT2D eigenvalue weighted by molar-refractivity contribution is 5.70. The van der Waals surface area contributed by atoms with Crippen molar-refractivity contribution in [2.75, 3.05) is 30.0 Å². The second-order valence-electron chi connectivity index (χ2n) is 25.3. The van der Waals surface area contributed by atoms with Gasteiger partial charge in [-0.2, -0.15) is 5.26 Å². The monoisotopic (exact) mass is 1360 g/mol. The van der Waals surface area contributed by atoms with Crippen molar-refractivity contribution < 1.29 is 23.7 Å². The lowest BCUT2D eigenvalue weighted by Crippen LogP contribution is -2.03. The van der Waals surface area contributed by atoms with Crippen molar-refractivity contribution in [2.45, 2.75) is 146 Å². The summed E-state index contributed by atoms with van der Waals surface area (Å²) in [4.78, 5) is 51.2. The molecule has 1 atom stereocenters. The molecule has 22 heteroatoms. The quantitative estimate of drug-likeness (QED) is 0.0546. The molecule has 8 heterocycles. The third-order valence-corrected chi connectivity index (χ3v) is 15.8. The summed E-state index contributed by atoms with van der Waals surface area (Å²) in [5.74, 6) is 17.5. The van der Waals surface area contributed by atoms with E-state index >= 15 is 0 Å². The molecule has 10 aromatic rings. The molecule has 1 aliphatic rings. The molecule has 0 radical (unpaired) electrons. The number of pyridine rings is 4. The van der Waals surface area contributed by atoms with Crippen LogP contribution in [0.15, 0.2) is 122 Å². The van der Waals surface area contributed by atoms with Gasteiger partial charge in [-0.1, -0.05) is 112 Å². The van der Waals surface area contributed by atoms with E-state index in [0.717, 1.165) is 68.4 Å². The summed E-state index contributed by atoms with van der Waals surface area (Å²) in [5.41, 5.74) is 33.7. The van der Waals surface area contributed by atoms with Gasteiger partial charge in [-0.05, 0) is 130 Å². The molecule has 0 aliphatic heterocycles. The lowest BCUT2D eigenvalue weighted by Gasteiger charge is -2.17. The number of aromatic nitrogens is 12. The van der Waals surface area contributed by atoms with Gasteiger partial charge in [0, 0.05) is 82.9 Å². The van der Waals surface area contributed by atoms with Crippen LogP contribution in [0.4, 0.5) is 23.3 Å². The van der Waals surface area contributed by atoms with Crippen molar-refractivity contribution in [3.8, 4) is 69.7 Å². The van der Waals surface area contributed by atoms with Crippen LogP contribution in [0.3, 0.4) is 0 Å². The standard InChI is InChI=1S/C22H21N5O.C22H24N4O2.C18H20N4O.C17H24N4O/c1-14(2)19-12-26-18(9-8-16-4-6-17(11-23)7-5-16)10-20(19)28-21-13-25-15(3)27-22(21)24;1-14(2)19-12-25-17(8-5-16-6-9-18(27-4)10-7-16)11-20(19)28-21-13-24-15(3)26-22(21)23;1-11(2)15-9-21-14(7-6-13-4-5-13)8-16(15)23-17-10-20-12(3)22-18(17)19;1-6-11(4)14-7-15(13(8-20-14)10(2)3)22-16-9-19-12(5)21-17(16)18/h4-10,12-14H,1-3H3,(H2,24,25,27);5-14H,1-4H3,(H2,23,24,26);8-11,13H,4-5H2,1-3H3,(H2,19,20,22);7-11H,6H2,1-5H3,(H2,18,19,21)/b9-8+;8-5+;;. The number of ether oxygens (including phenoxy) is 5. The highest BCUT2D eigenvalue weighted by atomic mass is 16.5. The van der Waals surface area contributed by atoms with Crippen molar-refractivity contribution in [3.63, 3.8) is 0 Å². The Balaban J connectivity index is 0.000000172. The lowest BCUT2D eigenvalue weighted by molar-refractivity contribution is 0.415. The molecule has 0 amide bonds. The molecule has 0 bridgehead atoms. The second-order valence-corrected chi connectivity index (χ2v) is 25.3. The molecule has 22 nitrogen and oxygen atoms in total. The second kappa shape index (κ2) is 35.6. The van der Waals surface area contributed by atoms with E-state index in [2.05, 4.69) is 147 Å². The van der Waals surface area contributed by atoms with Crippen LogP contribution in [-0.2, 0) is 0 Å². The van der Waals surface area contributed by atoms with Gasteiger partial charge in [0.1, 0.15) is 57.7 Å². The van der Waals surface area contributed by atoms with Gasteiger partial charge in [-0.25, -0.2) is 44.9 Å². The first-order chi connectivity index (χ1) is 48.4. The van der Waals surface area contributed by atoms with E-state index < -0.39 is 0 Å². The van der Waals surface area contributed by atoms with E-state index in [1.54, 1.807) is 71.7 Å². The Labute approximate surface area is 592 Å². The molecule has 0 spiro atoms. The highest BCUT2D eigenvalue weighted by Gasteiger charge is 2.21. The Kier molecular flexibility index (Phi) is 26.4. The van der Waals surface area contributed by atoms with Crippen molar-refractivity contribution in [1.82, 2.24) is 59.8 Å². The van der Waals surface area contributed by atoms with Crippen LogP contribution >= 0.6 is 0 Å². The Bertz CT molecular complexity index is 4630. The fourth-order valence-corrected chi connectivity index (χ4v) is 9.50. The number of methoxy groups -OCH3 is 1. The van der Waals surface area contributed by atoms with Crippen LogP contribution < -0.4 is 46.6 Å². The summed E-state index contributed by atoms with van der Waals surface area (Å²) in [6.45, 7) is 28.2. The van der Waals surface area contributed by atoms with Gasteiger partial charge in [0.15, 0.2) is 46.3 Å². The molecule has 1 fully saturated rings. The fraction of sp³-hybridized carbons (Fsp3) is 0.304. The van der Waals surface area contributed by atoms with E-state index in [9.17, 15) is 0 Å². The Hall–Kier alpha value is -11.9. The van der Waals surface area contributed by atoms with Gasteiger partial charge >= 0.3 is 0 Å². The van der Waals surface area contributed by atoms with E-state index in [1.807, 2.05) is 110 Å². The molecule has 1 unspecified atom stereocenters. The largest absolute Gasteiger partial charge is 0.497 e. The zero-order chi connectivity index (χ0) is 72.9. The van der Waals surface area contributed by atoms with Crippen LogP contribution in [0.2, 0.25) is 0 Å². The summed E-state index contributed by atoms with van der Waals surface area (Å²) in [6.07, 6.45) is 24.9. The number of hydrogen-bond acceptors (Lipinski definition) is 22. The number of hydrogen-bond donors (Lipinski definition) is 4. The number of nitrogen functional groups attached to an aromatic ring is 4. The number of nitriles is 1. The van der Waals surface area contributed by atoms with Crippen LogP contribution in [0.25, 0.3) is 24.3 Å². The third-order valence-electron chi connectivity index (χ3n) is 15.8. The van der Waals surface area contributed by atoms with Crippen molar-refractivity contribution >= 4 is 47.6 Å². The molecule has 0 saturated heterocycles. The molecule has 8 N–H and O–H groups in total. The highest BCUT2D eigenvalue weighted by Crippen LogP contribution is 2.38. The maximum absolute atomic E-state index is 8.88. The van der Waals surface area contributed by atoms with Crippen LogP contribution in [0.1, 0.15) is 203 Å². The summed E-state index contributed by atoms with van der Waals surface area (Å²) >= 11 is 0. The Morgan fingerprint density at radius 1 is 0.446 bits per heavy atom. The van der Waals surface area contributed by atoms with Crippen molar-refractivity contribution in [3.05, 3.63) is 207 Å². The minimum absolute atomic E-state index is 0.228. The van der Waals surface area contributed by atoms with E-state index in [-0.39, 0.29) is 17.8 Å². The maximum atomic E-state index is 8.88. The smallest absolute Gasteiger partial charge is 0.187 e. The van der Waals surface area contributed by atoms with Gasteiger partial charge < -0.3 is 46.6 Å². The molecule has 101 heavy (non-hydrogen) atoms. The first kappa shape index (κ1) is 74.9. The van der Waals surface area contributed by atoms with Crippen LogP contribution in [-0.4, -0.2) is 66.9 Å². The lowest BCUT2D eigenvalue weighted by atomic mass is 10.00. The molecule has 520 valence electrons. The SMILES string of the molecule is CCC(C)c1cc(Oc2cnc(C)nc2N)c(C(C)C)cn1.COc1ccc(/C=C/c2cc(Oc3cnc(C)nc3N)c(C(C)C)cn2)cc1.Cc1ncc(Oc2cc(/C=C/c3ccc(C#N)cc3)ncc2C(C)C)c(N)n1.Cc1ncc(Oc2cc(C#CC3CC3)ncc2C(C)C)c(N)n1. The van der Waals surface area contributed by atoms with Crippen LogP contribution in [0, 0.1) is 56.8 Å². The fourth-order valence-electron chi connectivity index (χ4n) is 9.50. The Morgan fingerprint density at radius 2 is 0.802 bits per heavy atom. The summed E-state index contributed by atoms with van der Waals surface area (Å²) in [6, 6.07) is 24.9. The average Bonchev–Trinajstić information content (AvgIpc) is 1.64. The number of nitrogens with zero attached hydrogens (tertiary/aromatic N) is 13. The molecule has 1 aliphatic carbocycles. The molecule has 11 rings (SSSR count). The average molecular weight is 1360 g/mol. The van der Waals surface area contributed by atoms with Crippen LogP contribution in [0.5, 0.6) is 51.7 Å². The molecule has 2 aromatic carbocycles. The van der Waals surface area contributed by atoms with E-state index in [0.29, 0.717) is 116 Å². The topological polar surface area (TPSA) is 329 Å². The van der Waals surface area contributed by atoms with Gasteiger partial charge in [0.2, 0.25) is 0 Å². The first-order valence-corrected chi connectivity index (χ1v) is 33.5. The number of aryl methyl sites for hydroxylation is 4. The minimum Gasteiger partial charge on any atom is -0.497 e. The predicted octanol–water partition coefficient (Wildman–Crippen LogP) is 17.2. The summed E-state index contributed by atoms with van der Waals surface area (Å²) in [5, 5.41) is 8.88. The first-order valence-electron chi connectivity index (χ1n) is 33.5. The van der Waals surface area contributed by atoms with E-state index in [1.165, 1.54) is 12.8 Å². The molecular weight excluding hydrogens is 1270 g/mol. The van der Waals surface area contributed by atoms with Gasteiger partial charge in [0.25, 0.3) is 0 Å². The number of benzene rings is 2. The third kappa shape index (κ3) is 22.0. The molecular formula is C79H89N17O5. The number of nitrogens with two attached hydrogens (primary N) is 4. The normalized spacial score (nSPS) is 11.9. The summed E-state index contributed by atoms with van der Waals surface area (Å²) < 4.78 is 29.2. The van der Waals surface area contributed by atoms with Gasteiger partial charge in [-0.15, -0.1) is 0 Å². The number of rotatable bonds is 19. The van der Waals surface area contributed by atoms with Gasteiger partial charge in [0.05, 0.1) is 54.9 Å². The van der Waals surface area contributed by atoms with Gasteiger partial charge in [-0.3, -0.25) is 15.0 Å². The molecule has 1 saturated carbocycles.